The number of hydrogen-bond donors (Lipinski definition) is 1. The molecule has 0 atom stereocenters. The summed E-state index contributed by atoms with van der Waals surface area (Å²) in [6.45, 7) is 6.56. The Balaban J connectivity index is 0.00000289. The van der Waals surface area contributed by atoms with Gasteiger partial charge in [-0.15, -0.1) is 19.0 Å². The summed E-state index contributed by atoms with van der Waals surface area (Å²) in [4.78, 5) is 13.8. The summed E-state index contributed by atoms with van der Waals surface area (Å²) in [5.41, 5.74) is 0. The molecule has 0 radical (unpaired) electrons. The average molecular weight is 277 g/mol. The van der Waals surface area contributed by atoms with Crippen molar-refractivity contribution in [3.05, 3.63) is 12.7 Å². The zero-order valence-corrected chi connectivity index (χ0v) is 12.0. The second-order valence-corrected chi connectivity index (χ2v) is 4.41. The van der Waals surface area contributed by atoms with Crippen LogP contribution in [0.25, 0.3) is 0 Å². The van der Waals surface area contributed by atoms with E-state index in [-0.39, 0.29) is 18.3 Å². The molecule has 1 aliphatic rings. The first-order valence-corrected chi connectivity index (χ1v) is 6.41. The van der Waals surface area contributed by atoms with E-state index in [1.807, 2.05) is 11.9 Å². The second kappa shape index (κ2) is 10.4. The smallest absolute Gasteiger partial charge is 0.222 e. The Labute approximate surface area is 116 Å². The third kappa shape index (κ3) is 6.38. The van der Waals surface area contributed by atoms with Gasteiger partial charge in [-0.1, -0.05) is 6.08 Å². The molecule has 1 rings (SSSR count). The van der Waals surface area contributed by atoms with Gasteiger partial charge in [-0.3, -0.25) is 4.79 Å². The molecule has 0 aliphatic carbocycles. The highest BCUT2D eigenvalue weighted by Gasteiger charge is 2.20. The van der Waals surface area contributed by atoms with Crippen molar-refractivity contribution in [2.45, 2.75) is 31.7 Å². The maximum Gasteiger partial charge on any atom is 0.222 e. The Hall–Kier alpha value is -0.580. The van der Waals surface area contributed by atoms with Crippen molar-refractivity contribution in [2.75, 3.05) is 33.4 Å². The molecule has 5 heteroatoms. The molecule has 1 heterocycles. The number of amides is 1. The Morgan fingerprint density at radius 2 is 2.17 bits per heavy atom. The van der Waals surface area contributed by atoms with E-state index in [4.69, 9.17) is 4.74 Å². The third-order valence-corrected chi connectivity index (χ3v) is 3.17. The molecule has 106 valence electrons. The predicted molar refractivity (Wildman–Crippen MR) is 76.2 cm³/mol. The molecule has 0 spiro atoms. The highest BCUT2D eigenvalue weighted by atomic mass is 35.5. The van der Waals surface area contributed by atoms with Gasteiger partial charge in [0.2, 0.25) is 5.91 Å². The molecule has 1 amide bonds. The largest absolute Gasteiger partial charge is 0.377 e. The van der Waals surface area contributed by atoms with Gasteiger partial charge in [0.1, 0.15) is 0 Å². The molecular formula is C13H25ClN2O2. The fraction of sp³-hybridized carbons (Fsp3) is 0.769. The van der Waals surface area contributed by atoms with E-state index in [9.17, 15) is 4.79 Å². The van der Waals surface area contributed by atoms with E-state index in [2.05, 4.69) is 11.9 Å². The molecule has 0 bridgehead atoms. The first kappa shape index (κ1) is 17.4. The van der Waals surface area contributed by atoms with Gasteiger partial charge in [-0.05, 0) is 26.3 Å². The first-order chi connectivity index (χ1) is 8.27. The summed E-state index contributed by atoms with van der Waals surface area (Å²) < 4.78 is 5.26. The normalized spacial score (nSPS) is 16.2. The second-order valence-electron chi connectivity index (χ2n) is 4.41. The SMILES string of the molecule is C=CCOCCCC(=O)N1CCC(NC)CC1.Cl. The standard InChI is InChI=1S/C13H24N2O2.ClH/c1-3-10-17-11-4-5-13(16)15-8-6-12(14-2)7-9-15;/h3,12,14H,1,4-11H2,2H3;1H. The lowest BCUT2D eigenvalue weighted by molar-refractivity contribution is -0.132. The minimum Gasteiger partial charge on any atom is -0.377 e. The van der Waals surface area contributed by atoms with Crippen LogP contribution < -0.4 is 5.32 Å². The first-order valence-electron chi connectivity index (χ1n) is 6.41. The van der Waals surface area contributed by atoms with Gasteiger partial charge in [-0.25, -0.2) is 0 Å². The van der Waals surface area contributed by atoms with E-state index in [1.165, 1.54) is 0 Å². The van der Waals surface area contributed by atoms with Crippen LogP contribution in [0.2, 0.25) is 0 Å². The van der Waals surface area contributed by atoms with E-state index in [1.54, 1.807) is 6.08 Å². The van der Waals surface area contributed by atoms with Crippen LogP contribution in [0.4, 0.5) is 0 Å². The molecule has 0 aromatic heterocycles. The maximum absolute atomic E-state index is 11.9. The van der Waals surface area contributed by atoms with Crippen molar-refractivity contribution in [1.29, 1.82) is 0 Å². The quantitative estimate of drug-likeness (QED) is 0.567. The number of nitrogens with one attached hydrogen (secondary N) is 1. The van der Waals surface area contributed by atoms with Crippen LogP contribution in [-0.2, 0) is 9.53 Å². The van der Waals surface area contributed by atoms with Crippen molar-refractivity contribution >= 4 is 18.3 Å². The number of rotatable bonds is 7. The summed E-state index contributed by atoms with van der Waals surface area (Å²) in [5.74, 6) is 0.266. The van der Waals surface area contributed by atoms with Crippen molar-refractivity contribution < 1.29 is 9.53 Å². The van der Waals surface area contributed by atoms with Crippen LogP contribution in [-0.4, -0.2) is 50.2 Å². The Kier molecular flexibility index (Phi) is 10.0. The van der Waals surface area contributed by atoms with E-state index in [0.717, 1.165) is 32.4 Å². The van der Waals surface area contributed by atoms with Crippen molar-refractivity contribution in [2.24, 2.45) is 0 Å². The van der Waals surface area contributed by atoms with Gasteiger partial charge in [0.05, 0.1) is 6.61 Å². The van der Waals surface area contributed by atoms with E-state index < -0.39 is 0 Å². The molecule has 1 fully saturated rings. The summed E-state index contributed by atoms with van der Waals surface area (Å²) in [6, 6.07) is 0.579. The lowest BCUT2D eigenvalue weighted by Gasteiger charge is -2.31. The molecule has 1 aliphatic heterocycles. The summed E-state index contributed by atoms with van der Waals surface area (Å²) >= 11 is 0. The van der Waals surface area contributed by atoms with Crippen LogP contribution in [0.15, 0.2) is 12.7 Å². The zero-order chi connectivity index (χ0) is 12.5. The van der Waals surface area contributed by atoms with Gasteiger partial charge in [0.25, 0.3) is 0 Å². The molecule has 0 saturated carbocycles. The molecule has 1 saturated heterocycles. The topological polar surface area (TPSA) is 41.6 Å². The van der Waals surface area contributed by atoms with Crippen molar-refractivity contribution in [3.8, 4) is 0 Å². The number of likely N-dealkylation sites (tertiary alicyclic amines) is 1. The van der Waals surface area contributed by atoms with Crippen LogP contribution in [0.5, 0.6) is 0 Å². The molecule has 1 N–H and O–H groups in total. The highest BCUT2D eigenvalue weighted by molar-refractivity contribution is 5.85. The van der Waals surface area contributed by atoms with Crippen molar-refractivity contribution in [3.63, 3.8) is 0 Å². The van der Waals surface area contributed by atoms with Crippen LogP contribution in [0, 0.1) is 0 Å². The van der Waals surface area contributed by atoms with Crippen LogP contribution >= 0.6 is 12.4 Å². The Morgan fingerprint density at radius 1 is 1.50 bits per heavy atom. The summed E-state index contributed by atoms with van der Waals surface area (Å²) in [7, 11) is 1.99. The number of ether oxygens (including phenoxy) is 1. The number of hydrogen-bond acceptors (Lipinski definition) is 3. The van der Waals surface area contributed by atoms with Crippen LogP contribution in [0.1, 0.15) is 25.7 Å². The lowest BCUT2D eigenvalue weighted by atomic mass is 10.0. The predicted octanol–water partition coefficient (Wildman–Crippen LogP) is 1.60. The zero-order valence-electron chi connectivity index (χ0n) is 11.2. The monoisotopic (exact) mass is 276 g/mol. The fourth-order valence-corrected chi connectivity index (χ4v) is 2.07. The third-order valence-electron chi connectivity index (χ3n) is 3.17. The van der Waals surface area contributed by atoms with Gasteiger partial charge in [0.15, 0.2) is 0 Å². The van der Waals surface area contributed by atoms with E-state index >= 15 is 0 Å². The Morgan fingerprint density at radius 3 is 2.72 bits per heavy atom. The number of piperidine rings is 1. The highest BCUT2D eigenvalue weighted by Crippen LogP contribution is 2.11. The van der Waals surface area contributed by atoms with Crippen molar-refractivity contribution in [1.82, 2.24) is 10.2 Å². The molecule has 18 heavy (non-hydrogen) atoms. The fourth-order valence-electron chi connectivity index (χ4n) is 2.07. The van der Waals surface area contributed by atoms with Crippen LogP contribution in [0.3, 0.4) is 0 Å². The molecule has 0 unspecified atom stereocenters. The number of nitrogens with zero attached hydrogens (tertiary/aromatic N) is 1. The summed E-state index contributed by atoms with van der Waals surface area (Å²) in [6.07, 6.45) is 5.26. The molecule has 4 nitrogen and oxygen atoms in total. The van der Waals surface area contributed by atoms with Gasteiger partial charge in [-0.2, -0.15) is 0 Å². The number of carbonyl (C=O) groups excluding carboxylic acids is 1. The number of halogens is 1. The lowest BCUT2D eigenvalue weighted by Crippen LogP contribution is -2.43. The van der Waals surface area contributed by atoms with Gasteiger partial charge in [0, 0.05) is 32.2 Å². The van der Waals surface area contributed by atoms with E-state index in [0.29, 0.717) is 25.7 Å². The number of carbonyl (C=O) groups is 1. The minimum atomic E-state index is 0. The minimum absolute atomic E-state index is 0. The average Bonchev–Trinajstić information content (AvgIpc) is 2.38. The molecule has 0 aromatic rings. The van der Waals surface area contributed by atoms with Gasteiger partial charge >= 0.3 is 0 Å². The molecule has 0 aromatic carbocycles. The Bertz CT molecular complexity index is 241. The maximum atomic E-state index is 11.9. The summed E-state index contributed by atoms with van der Waals surface area (Å²) in [5, 5.41) is 3.26. The molecular weight excluding hydrogens is 252 g/mol. The van der Waals surface area contributed by atoms with Gasteiger partial charge < -0.3 is 15.0 Å².